The van der Waals surface area contributed by atoms with Crippen molar-refractivity contribution in [3.05, 3.63) is 22.7 Å². The van der Waals surface area contributed by atoms with Crippen LogP contribution in [0.4, 0.5) is 4.79 Å². The number of methoxy groups -OCH3 is 1. The first-order valence-electron chi connectivity index (χ1n) is 10.2. The van der Waals surface area contributed by atoms with Crippen LogP contribution in [0.3, 0.4) is 0 Å². The average Bonchev–Trinajstić information content (AvgIpc) is 3.09. The van der Waals surface area contributed by atoms with Crippen molar-refractivity contribution >= 4 is 23.7 Å². The maximum absolute atomic E-state index is 12.4. The van der Waals surface area contributed by atoms with Gasteiger partial charge in [0, 0.05) is 26.2 Å². The number of guanidine groups is 1. The standard InChI is InChI=1S/C21H31ClN4O4/c1-6-29-18-16(22)9-14(10-17(18)28-5)11-23-19-24-12-15-13-25(7-8-26(15)19)20(27)30-21(2,3)4/h9-10,15H,6-8,11-13H2,1-5H3,(H,23,24). The Hall–Kier alpha value is -2.35. The van der Waals surface area contributed by atoms with Crippen LogP contribution in [0, 0.1) is 0 Å². The van der Waals surface area contributed by atoms with Crippen molar-refractivity contribution in [2.45, 2.75) is 45.9 Å². The molecule has 166 valence electrons. The maximum Gasteiger partial charge on any atom is 0.410 e. The van der Waals surface area contributed by atoms with Crippen LogP contribution in [-0.2, 0) is 11.3 Å². The molecule has 0 aliphatic carbocycles. The molecule has 1 N–H and O–H groups in total. The predicted octanol–water partition coefficient (Wildman–Crippen LogP) is 3.13. The number of hydrogen-bond acceptors (Lipinski definition) is 7. The third-order valence-corrected chi connectivity index (χ3v) is 5.17. The number of aliphatic imine (C=N–C) groups is 1. The molecule has 8 nitrogen and oxygen atoms in total. The molecule has 2 aliphatic heterocycles. The minimum absolute atomic E-state index is 0.159. The van der Waals surface area contributed by atoms with E-state index in [0.29, 0.717) is 55.9 Å². The lowest BCUT2D eigenvalue weighted by Crippen LogP contribution is -2.57. The fourth-order valence-corrected chi connectivity index (χ4v) is 3.85. The van der Waals surface area contributed by atoms with Crippen molar-refractivity contribution in [3.8, 4) is 11.5 Å². The Balaban J connectivity index is 1.58. The first-order chi connectivity index (χ1) is 14.2. The van der Waals surface area contributed by atoms with Crippen molar-refractivity contribution in [1.29, 1.82) is 0 Å². The van der Waals surface area contributed by atoms with E-state index in [4.69, 9.17) is 25.8 Å². The predicted molar refractivity (Wildman–Crippen MR) is 117 cm³/mol. The number of carbonyl (C=O) groups is 1. The number of piperazine rings is 1. The number of rotatable bonds is 5. The van der Waals surface area contributed by atoms with Gasteiger partial charge in [-0.2, -0.15) is 0 Å². The summed E-state index contributed by atoms with van der Waals surface area (Å²) in [5.74, 6) is 2.01. The number of nitrogens with zero attached hydrogens (tertiary/aromatic N) is 3. The highest BCUT2D eigenvalue weighted by Crippen LogP contribution is 2.36. The van der Waals surface area contributed by atoms with Crippen LogP contribution < -0.4 is 14.8 Å². The Morgan fingerprint density at radius 2 is 2.10 bits per heavy atom. The van der Waals surface area contributed by atoms with Crippen LogP contribution in [-0.4, -0.2) is 73.4 Å². The fraction of sp³-hybridized carbons (Fsp3) is 0.619. The molecule has 3 rings (SSSR count). The molecule has 9 heteroatoms. The number of ether oxygens (including phenoxy) is 3. The molecule has 1 aromatic rings. The average molecular weight is 439 g/mol. The van der Waals surface area contributed by atoms with Gasteiger partial charge in [0.1, 0.15) is 5.60 Å². The van der Waals surface area contributed by atoms with E-state index >= 15 is 0 Å². The molecule has 1 unspecified atom stereocenters. The van der Waals surface area contributed by atoms with Crippen LogP contribution in [0.1, 0.15) is 33.3 Å². The van der Waals surface area contributed by atoms with Gasteiger partial charge in [-0.25, -0.2) is 4.79 Å². The normalized spacial score (nSPS) is 18.6. The number of hydrogen-bond donors (Lipinski definition) is 1. The number of halogens is 1. The van der Waals surface area contributed by atoms with Crippen molar-refractivity contribution in [2.24, 2.45) is 4.99 Å². The van der Waals surface area contributed by atoms with Gasteiger partial charge < -0.3 is 29.3 Å². The van der Waals surface area contributed by atoms with Crippen LogP contribution in [0.5, 0.6) is 11.5 Å². The summed E-state index contributed by atoms with van der Waals surface area (Å²) >= 11 is 6.37. The molecular formula is C21H31ClN4O4. The second-order valence-corrected chi connectivity index (χ2v) is 8.74. The first-order valence-corrected chi connectivity index (χ1v) is 10.6. The van der Waals surface area contributed by atoms with Gasteiger partial charge in [0.05, 0.1) is 31.3 Å². The number of carbonyl (C=O) groups excluding carboxylic acids is 1. The number of amides is 1. The largest absolute Gasteiger partial charge is 0.493 e. The van der Waals surface area contributed by atoms with Gasteiger partial charge in [0.2, 0.25) is 0 Å². The monoisotopic (exact) mass is 438 g/mol. The Morgan fingerprint density at radius 1 is 1.33 bits per heavy atom. The topological polar surface area (TPSA) is 75.6 Å². The van der Waals surface area contributed by atoms with Gasteiger partial charge in [0.25, 0.3) is 0 Å². The lowest BCUT2D eigenvalue weighted by molar-refractivity contribution is 0.0137. The molecule has 1 aromatic carbocycles. The summed E-state index contributed by atoms with van der Waals surface area (Å²) in [6.45, 7) is 11.2. The maximum atomic E-state index is 12.4. The second kappa shape index (κ2) is 9.20. The molecule has 1 amide bonds. The van der Waals surface area contributed by atoms with Gasteiger partial charge in [-0.15, -0.1) is 0 Å². The van der Waals surface area contributed by atoms with Gasteiger partial charge in [-0.3, -0.25) is 4.99 Å². The van der Waals surface area contributed by atoms with E-state index in [0.717, 1.165) is 11.5 Å². The lowest BCUT2D eigenvalue weighted by Gasteiger charge is -2.39. The summed E-state index contributed by atoms with van der Waals surface area (Å²) in [5, 5.41) is 3.91. The zero-order valence-corrected chi connectivity index (χ0v) is 19.1. The quantitative estimate of drug-likeness (QED) is 0.761. The number of benzene rings is 1. The van der Waals surface area contributed by atoms with E-state index in [1.54, 1.807) is 12.0 Å². The minimum atomic E-state index is -0.493. The van der Waals surface area contributed by atoms with Crippen LogP contribution >= 0.6 is 11.6 Å². The van der Waals surface area contributed by atoms with E-state index in [2.05, 4.69) is 15.2 Å². The van der Waals surface area contributed by atoms with Crippen molar-refractivity contribution in [2.75, 3.05) is 39.9 Å². The van der Waals surface area contributed by atoms with E-state index in [1.807, 2.05) is 39.8 Å². The molecule has 1 saturated heterocycles. The molecule has 0 bridgehead atoms. The molecule has 1 fully saturated rings. The SMILES string of the molecule is CCOc1c(Cl)cc(CNC2=NCC3CN(C(=O)OC(C)(C)C)CCN23)cc1OC. The summed E-state index contributed by atoms with van der Waals surface area (Å²) in [5.41, 5.74) is 0.478. The van der Waals surface area contributed by atoms with Gasteiger partial charge in [0.15, 0.2) is 17.5 Å². The highest BCUT2D eigenvalue weighted by atomic mass is 35.5. The molecule has 30 heavy (non-hydrogen) atoms. The van der Waals surface area contributed by atoms with E-state index in [-0.39, 0.29) is 12.1 Å². The molecule has 0 radical (unpaired) electrons. The Bertz CT molecular complexity index is 809. The highest BCUT2D eigenvalue weighted by Gasteiger charge is 2.36. The van der Waals surface area contributed by atoms with Crippen LogP contribution in [0.15, 0.2) is 17.1 Å². The Morgan fingerprint density at radius 3 is 2.77 bits per heavy atom. The molecule has 0 aromatic heterocycles. The van der Waals surface area contributed by atoms with E-state index < -0.39 is 5.60 Å². The van der Waals surface area contributed by atoms with Crippen molar-refractivity contribution in [3.63, 3.8) is 0 Å². The zero-order chi connectivity index (χ0) is 21.9. The molecule has 2 aliphatic rings. The van der Waals surface area contributed by atoms with Crippen LogP contribution in [0.2, 0.25) is 5.02 Å². The van der Waals surface area contributed by atoms with Crippen molar-refractivity contribution in [1.82, 2.24) is 15.1 Å². The van der Waals surface area contributed by atoms with Crippen molar-refractivity contribution < 1.29 is 19.0 Å². The summed E-state index contributed by atoms with van der Waals surface area (Å²) in [6.07, 6.45) is -0.264. The molecule has 1 atom stereocenters. The summed E-state index contributed by atoms with van der Waals surface area (Å²) < 4.78 is 16.5. The summed E-state index contributed by atoms with van der Waals surface area (Å²) in [7, 11) is 1.60. The van der Waals surface area contributed by atoms with Gasteiger partial charge in [-0.05, 0) is 45.4 Å². The smallest absolute Gasteiger partial charge is 0.410 e. The molecule has 0 spiro atoms. The lowest BCUT2D eigenvalue weighted by atomic mass is 10.2. The summed E-state index contributed by atoms with van der Waals surface area (Å²) in [6, 6.07) is 3.94. The van der Waals surface area contributed by atoms with Gasteiger partial charge >= 0.3 is 6.09 Å². The van der Waals surface area contributed by atoms with E-state index in [1.165, 1.54) is 0 Å². The van der Waals surface area contributed by atoms with E-state index in [9.17, 15) is 4.79 Å². The third kappa shape index (κ3) is 5.22. The second-order valence-electron chi connectivity index (χ2n) is 8.33. The number of nitrogens with one attached hydrogen (secondary N) is 1. The number of fused-ring (bicyclic) bond motifs is 1. The highest BCUT2D eigenvalue weighted by molar-refractivity contribution is 6.32. The first kappa shape index (κ1) is 22.3. The minimum Gasteiger partial charge on any atom is -0.493 e. The molecule has 2 heterocycles. The van der Waals surface area contributed by atoms with Gasteiger partial charge in [-0.1, -0.05) is 11.6 Å². The van der Waals surface area contributed by atoms with Crippen LogP contribution in [0.25, 0.3) is 0 Å². The Kier molecular flexibility index (Phi) is 6.85. The third-order valence-electron chi connectivity index (χ3n) is 4.89. The zero-order valence-electron chi connectivity index (χ0n) is 18.3. The molecular weight excluding hydrogens is 408 g/mol. The fourth-order valence-electron chi connectivity index (χ4n) is 3.56. The summed E-state index contributed by atoms with van der Waals surface area (Å²) in [4.78, 5) is 21.0. The molecule has 0 saturated carbocycles. The Labute approximate surface area is 183 Å².